The summed E-state index contributed by atoms with van der Waals surface area (Å²) in [6.07, 6.45) is 0. The number of nitrogens with one attached hydrogen (secondary N) is 2. The number of anilines is 1. The third kappa shape index (κ3) is 5.31. The van der Waals surface area contributed by atoms with Gasteiger partial charge in [0.25, 0.3) is 15.9 Å². The molecule has 0 bridgehead atoms. The Morgan fingerprint density at radius 1 is 1.08 bits per heavy atom. The molecular formula is C19H25N3O3S. The molecule has 2 N–H and O–H groups in total. The highest BCUT2D eigenvalue weighted by molar-refractivity contribution is 7.92. The van der Waals surface area contributed by atoms with E-state index >= 15 is 0 Å². The maximum absolute atomic E-state index is 12.7. The number of sulfonamides is 1. The van der Waals surface area contributed by atoms with Crippen molar-refractivity contribution < 1.29 is 13.2 Å². The zero-order valence-corrected chi connectivity index (χ0v) is 16.4. The summed E-state index contributed by atoms with van der Waals surface area (Å²) in [5.41, 5.74) is 2.64. The first kappa shape index (κ1) is 19.9. The zero-order valence-electron chi connectivity index (χ0n) is 15.5. The third-order valence-corrected chi connectivity index (χ3v) is 5.25. The highest BCUT2D eigenvalue weighted by Gasteiger charge is 2.17. The largest absolute Gasteiger partial charge is 0.351 e. The first-order valence-corrected chi connectivity index (χ1v) is 9.80. The van der Waals surface area contributed by atoms with Crippen LogP contribution < -0.4 is 10.0 Å². The fourth-order valence-corrected chi connectivity index (χ4v) is 3.52. The predicted molar refractivity (Wildman–Crippen MR) is 104 cm³/mol. The number of benzene rings is 2. The van der Waals surface area contributed by atoms with Crippen molar-refractivity contribution in [2.75, 3.05) is 31.9 Å². The Morgan fingerprint density at radius 2 is 1.81 bits per heavy atom. The summed E-state index contributed by atoms with van der Waals surface area (Å²) >= 11 is 0. The second-order valence-corrected chi connectivity index (χ2v) is 8.19. The van der Waals surface area contributed by atoms with Gasteiger partial charge >= 0.3 is 0 Å². The van der Waals surface area contributed by atoms with Gasteiger partial charge in [-0.2, -0.15) is 0 Å². The molecule has 0 saturated carbocycles. The van der Waals surface area contributed by atoms with Gasteiger partial charge in [0, 0.05) is 18.7 Å². The Hall–Kier alpha value is -2.38. The van der Waals surface area contributed by atoms with Gasteiger partial charge in [0.15, 0.2) is 0 Å². The molecule has 6 nitrogen and oxygen atoms in total. The lowest BCUT2D eigenvalue weighted by Crippen LogP contribution is -2.31. The van der Waals surface area contributed by atoms with Crippen LogP contribution in [0.25, 0.3) is 0 Å². The number of carbonyl (C=O) groups is 1. The SMILES string of the molecule is Cc1ccc(C)c(NS(=O)(=O)c2cccc(C(=O)NCCN(C)C)c2)c1. The molecule has 26 heavy (non-hydrogen) atoms. The lowest BCUT2D eigenvalue weighted by Gasteiger charge is -2.13. The normalized spacial score (nSPS) is 11.4. The quantitative estimate of drug-likeness (QED) is 0.779. The van der Waals surface area contributed by atoms with Crippen molar-refractivity contribution in [2.24, 2.45) is 0 Å². The lowest BCUT2D eigenvalue weighted by molar-refractivity contribution is 0.0951. The predicted octanol–water partition coefficient (Wildman–Crippen LogP) is 2.40. The molecule has 0 unspecified atom stereocenters. The Morgan fingerprint density at radius 3 is 2.50 bits per heavy atom. The topological polar surface area (TPSA) is 78.5 Å². The van der Waals surface area contributed by atoms with E-state index in [0.29, 0.717) is 24.3 Å². The average molecular weight is 375 g/mol. The molecule has 0 atom stereocenters. The van der Waals surface area contributed by atoms with Gasteiger partial charge < -0.3 is 10.2 Å². The van der Waals surface area contributed by atoms with E-state index in [9.17, 15) is 13.2 Å². The number of rotatable bonds is 7. The number of nitrogens with zero attached hydrogens (tertiary/aromatic N) is 1. The fourth-order valence-electron chi connectivity index (χ4n) is 2.35. The van der Waals surface area contributed by atoms with E-state index in [2.05, 4.69) is 10.0 Å². The van der Waals surface area contributed by atoms with Gasteiger partial charge in [-0.15, -0.1) is 0 Å². The van der Waals surface area contributed by atoms with E-state index in [1.165, 1.54) is 12.1 Å². The van der Waals surface area contributed by atoms with Crippen LogP contribution >= 0.6 is 0 Å². The van der Waals surface area contributed by atoms with Gasteiger partial charge in [-0.3, -0.25) is 9.52 Å². The monoisotopic (exact) mass is 375 g/mol. The molecule has 0 heterocycles. The number of hydrogen-bond donors (Lipinski definition) is 2. The van der Waals surface area contributed by atoms with Crippen molar-refractivity contribution in [1.82, 2.24) is 10.2 Å². The Balaban J connectivity index is 2.19. The molecule has 0 aliphatic carbocycles. The van der Waals surface area contributed by atoms with Crippen LogP contribution in [0.1, 0.15) is 21.5 Å². The molecule has 2 rings (SSSR count). The summed E-state index contributed by atoms with van der Waals surface area (Å²) in [5, 5.41) is 2.78. The van der Waals surface area contributed by atoms with Gasteiger partial charge in [-0.1, -0.05) is 18.2 Å². The van der Waals surface area contributed by atoms with Gasteiger partial charge in [0.05, 0.1) is 10.6 Å². The van der Waals surface area contributed by atoms with Crippen LogP contribution in [0.3, 0.4) is 0 Å². The Bertz CT molecular complexity index is 893. The summed E-state index contributed by atoms with van der Waals surface area (Å²) < 4.78 is 28.0. The van der Waals surface area contributed by atoms with Gasteiger partial charge in [0.2, 0.25) is 0 Å². The van der Waals surface area contributed by atoms with Crippen LogP contribution in [0.4, 0.5) is 5.69 Å². The molecule has 0 aliphatic heterocycles. The maximum Gasteiger partial charge on any atom is 0.261 e. The van der Waals surface area contributed by atoms with Gasteiger partial charge in [-0.05, 0) is 63.3 Å². The molecular weight excluding hydrogens is 350 g/mol. The molecule has 0 saturated heterocycles. The number of carbonyl (C=O) groups excluding carboxylic acids is 1. The van der Waals surface area contributed by atoms with Crippen molar-refractivity contribution >= 4 is 21.6 Å². The van der Waals surface area contributed by atoms with Crippen LogP contribution in [0, 0.1) is 13.8 Å². The molecule has 7 heteroatoms. The zero-order chi connectivity index (χ0) is 19.3. The minimum atomic E-state index is -3.78. The smallest absolute Gasteiger partial charge is 0.261 e. The molecule has 0 spiro atoms. The Kier molecular flexibility index (Phi) is 6.39. The summed E-state index contributed by atoms with van der Waals surface area (Å²) in [6.45, 7) is 4.93. The van der Waals surface area contributed by atoms with E-state index in [0.717, 1.165) is 11.1 Å². The molecule has 0 aromatic heterocycles. The van der Waals surface area contributed by atoms with Crippen molar-refractivity contribution in [2.45, 2.75) is 18.7 Å². The first-order valence-electron chi connectivity index (χ1n) is 8.32. The van der Waals surface area contributed by atoms with Gasteiger partial charge in [-0.25, -0.2) is 8.42 Å². The molecule has 1 amide bonds. The van der Waals surface area contributed by atoms with Crippen LogP contribution in [0.5, 0.6) is 0 Å². The minimum absolute atomic E-state index is 0.0543. The summed E-state index contributed by atoms with van der Waals surface area (Å²) in [6, 6.07) is 11.6. The number of aryl methyl sites for hydroxylation is 2. The lowest BCUT2D eigenvalue weighted by atomic mass is 10.1. The van der Waals surface area contributed by atoms with E-state index in [1.807, 2.05) is 45.0 Å². The van der Waals surface area contributed by atoms with E-state index in [-0.39, 0.29) is 10.8 Å². The summed E-state index contributed by atoms with van der Waals surface area (Å²) in [4.78, 5) is 14.2. The van der Waals surface area contributed by atoms with E-state index in [4.69, 9.17) is 0 Å². The standard InChI is InChI=1S/C19H25N3O3S/c1-14-8-9-15(2)18(12-14)21-26(24,25)17-7-5-6-16(13-17)19(23)20-10-11-22(3)4/h5-9,12-13,21H,10-11H2,1-4H3,(H,20,23). The molecule has 2 aromatic rings. The Labute approximate surface area is 155 Å². The number of amides is 1. The first-order chi connectivity index (χ1) is 12.2. The van der Waals surface area contributed by atoms with E-state index < -0.39 is 10.0 Å². The third-order valence-electron chi connectivity index (χ3n) is 3.89. The second kappa shape index (κ2) is 8.33. The van der Waals surface area contributed by atoms with Crippen molar-refractivity contribution in [3.8, 4) is 0 Å². The fraction of sp³-hybridized carbons (Fsp3) is 0.316. The highest BCUT2D eigenvalue weighted by Crippen LogP contribution is 2.21. The molecule has 2 aromatic carbocycles. The molecule has 0 radical (unpaired) electrons. The second-order valence-electron chi connectivity index (χ2n) is 6.51. The summed E-state index contributed by atoms with van der Waals surface area (Å²) in [5.74, 6) is -0.296. The van der Waals surface area contributed by atoms with Crippen molar-refractivity contribution in [3.05, 3.63) is 59.2 Å². The van der Waals surface area contributed by atoms with Crippen molar-refractivity contribution in [3.63, 3.8) is 0 Å². The average Bonchev–Trinajstić information content (AvgIpc) is 2.57. The maximum atomic E-state index is 12.7. The minimum Gasteiger partial charge on any atom is -0.351 e. The van der Waals surface area contributed by atoms with Crippen LogP contribution in [0.15, 0.2) is 47.4 Å². The molecule has 0 aliphatic rings. The van der Waals surface area contributed by atoms with Crippen LogP contribution in [-0.4, -0.2) is 46.4 Å². The number of hydrogen-bond acceptors (Lipinski definition) is 4. The van der Waals surface area contributed by atoms with Gasteiger partial charge in [0.1, 0.15) is 0 Å². The van der Waals surface area contributed by atoms with Crippen LogP contribution in [0.2, 0.25) is 0 Å². The van der Waals surface area contributed by atoms with Crippen molar-refractivity contribution in [1.29, 1.82) is 0 Å². The molecule has 0 fully saturated rings. The highest BCUT2D eigenvalue weighted by atomic mass is 32.2. The van der Waals surface area contributed by atoms with Crippen LogP contribution in [-0.2, 0) is 10.0 Å². The number of likely N-dealkylation sites (N-methyl/N-ethyl adjacent to an activating group) is 1. The van der Waals surface area contributed by atoms with E-state index in [1.54, 1.807) is 18.2 Å². The molecule has 140 valence electrons. The summed E-state index contributed by atoms with van der Waals surface area (Å²) in [7, 11) is 0.0492.